The highest BCUT2D eigenvalue weighted by Crippen LogP contribution is 2.24. The Morgan fingerprint density at radius 1 is 1.35 bits per heavy atom. The van der Waals surface area contributed by atoms with Crippen molar-refractivity contribution in [3.8, 4) is 0 Å². The van der Waals surface area contributed by atoms with Crippen LogP contribution in [0.2, 0.25) is 0 Å². The predicted molar refractivity (Wildman–Crippen MR) is 74.2 cm³/mol. The van der Waals surface area contributed by atoms with Gasteiger partial charge in [-0.1, -0.05) is 12.1 Å². The molecule has 1 aromatic rings. The molecule has 4 nitrogen and oxygen atoms in total. The Kier molecular flexibility index (Phi) is 5.86. The Morgan fingerprint density at radius 3 is 2.60 bits per heavy atom. The predicted octanol–water partition coefficient (Wildman–Crippen LogP) is 2.49. The van der Waals surface area contributed by atoms with E-state index in [9.17, 15) is 13.6 Å². The highest BCUT2D eigenvalue weighted by molar-refractivity contribution is 5.98. The molecule has 1 aromatic carbocycles. The van der Waals surface area contributed by atoms with Crippen molar-refractivity contribution in [2.75, 3.05) is 18.5 Å². The van der Waals surface area contributed by atoms with Crippen molar-refractivity contribution in [1.29, 1.82) is 0 Å². The molecule has 1 aliphatic heterocycles. The lowest BCUT2D eigenvalue weighted by Crippen LogP contribution is -2.54. The molecule has 0 spiro atoms. The molecule has 0 bridgehead atoms. The Balaban J connectivity index is 0.00000200. The summed E-state index contributed by atoms with van der Waals surface area (Å²) in [5, 5.41) is 2.59. The summed E-state index contributed by atoms with van der Waals surface area (Å²) in [6.45, 7) is 0.863. The van der Waals surface area contributed by atoms with Crippen LogP contribution in [0.4, 0.5) is 14.5 Å². The van der Waals surface area contributed by atoms with Crippen molar-refractivity contribution < 1.29 is 18.3 Å². The normalized spacial score (nSPS) is 17.4. The van der Waals surface area contributed by atoms with Crippen LogP contribution in [0.3, 0.4) is 0 Å². The largest absolute Gasteiger partial charge is 0.381 e. The highest BCUT2D eigenvalue weighted by atomic mass is 35.5. The minimum absolute atomic E-state index is 0. The van der Waals surface area contributed by atoms with Crippen LogP contribution in [0.25, 0.3) is 0 Å². The van der Waals surface area contributed by atoms with Gasteiger partial charge in [-0.05, 0) is 25.0 Å². The van der Waals surface area contributed by atoms with Gasteiger partial charge in [0.25, 0.3) is 6.43 Å². The molecule has 0 aliphatic carbocycles. The summed E-state index contributed by atoms with van der Waals surface area (Å²) in [6.07, 6.45) is -1.72. The molecule has 0 radical (unpaired) electrons. The number of benzene rings is 1. The quantitative estimate of drug-likeness (QED) is 0.902. The Labute approximate surface area is 122 Å². The van der Waals surface area contributed by atoms with Gasteiger partial charge in [0.1, 0.15) is 5.54 Å². The molecule has 7 heteroatoms. The SMILES string of the molecule is Cl.NC1(C(=O)Nc2cccc(C(F)F)c2)CCOCC1. The van der Waals surface area contributed by atoms with Gasteiger partial charge in [-0.15, -0.1) is 12.4 Å². The van der Waals surface area contributed by atoms with Crippen LogP contribution in [0.1, 0.15) is 24.8 Å². The van der Waals surface area contributed by atoms with E-state index < -0.39 is 12.0 Å². The van der Waals surface area contributed by atoms with Crippen LogP contribution in [0.5, 0.6) is 0 Å². The summed E-state index contributed by atoms with van der Waals surface area (Å²) in [7, 11) is 0. The summed E-state index contributed by atoms with van der Waals surface area (Å²) in [4.78, 5) is 12.1. The number of hydrogen-bond acceptors (Lipinski definition) is 3. The molecule has 20 heavy (non-hydrogen) atoms. The zero-order chi connectivity index (χ0) is 13.9. The number of carbonyl (C=O) groups is 1. The van der Waals surface area contributed by atoms with Crippen molar-refractivity contribution >= 4 is 24.0 Å². The number of nitrogens with one attached hydrogen (secondary N) is 1. The standard InChI is InChI=1S/C13H16F2N2O2.ClH/c14-11(15)9-2-1-3-10(8-9)17-12(18)13(16)4-6-19-7-5-13;/h1-3,8,11H,4-7,16H2,(H,17,18);1H. The molecule has 1 heterocycles. The van der Waals surface area contributed by atoms with Crippen molar-refractivity contribution in [3.63, 3.8) is 0 Å². The van der Waals surface area contributed by atoms with Gasteiger partial charge in [0.2, 0.25) is 5.91 Å². The van der Waals surface area contributed by atoms with Crippen LogP contribution < -0.4 is 11.1 Å². The lowest BCUT2D eigenvalue weighted by molar-refractivity contribution is -0.124. The number of ether oxygens (including phenoxy) is 1. The number of nitrogens with two attached hydrogens (primary N) is 1. The fourth-order valence-electron chi connectivity index (χ4n) is 1.97. The smallest absolute Gasteiger partial charge is 0.263 e. The summed E-state index contributed by atoms with van der Waals surface area (Å²) in [6, 6.07) is 5.61. The van der Waals surface area contributed by atoms with Crippen LogP contribution in [-0.2, 0) is 9.53 Å². The van der Waals surface area contributed by atoms with Crippen LogP contribution in [0.15, 0.2) is 24.3 Å². The van der Waals surface area contributed by atoms with Gasteiger partial charge in [-0.3, -0.25) is 4.79 Å². The van der Waals surface area contributed by atoms with E-state index in [2.05, 4.69) is 5.32 Å². The average Bonchev–Trinajstić information content (AvgIpc) is 2.40. The van der Waals surface area contributed by atoms with E-state index in [4.69, 9.17) is 10.5 Å². The third-order valence-corrected chi connectivity index (χ3v) is 3.23. The number of rotatable bonds is 3. The zero-order valence-electron chi connectivity index (χ0n) is 10.8. The lowest BCUT2D eigenvalue weighted by atomic mass is 9.90. The van der Waals surface area contributed by atoms with E-state index >= 15 is 0 Å². The number of carbonyl (C=O) groups excluding carboxylic acids is 1. The van der Waals surface area contributed by atoms with E-state index in [1.165, 1.54) is 18.2 Å². The molecule has 0 saturated carbocycles. The molecule has 3 N–H and O–H groups in total. The van der Waals surface area contributed by atoms with Gasteiger partial charge < -0.3 is 15.8 Å². The van der Waals surface area contributed by atoms with Crippen molar-refractivity contribution in [2.45, 2.75) is 24.8 Å². The molecular formula is C13H17ClF2N2O2. The first-order valence-electron chi connectivity index (χ1n) is 6.07. The van der Waals surface area contributed by atoms with Crippen LogP contribution in [0, 0.1) is 0 Å². The van der Waals surface area contributed by atoms with Gasteiger partial charge in [0, 0.05) is 24.5 Å². The third kappa shape index (κ3) is 3.88. The molecule has 0 atom stereocenters. The lowest BCUT2D eigenvalue weighted by Gasteiger charge is -2.31. The Morgan fingerprint density at radius 2 is 2.00 bits per heavy atom. The Bertz CT molecular complexity index is 465. The summed E-state index contributed by atoms with van der Waals surface area (Å²) < 4.78 is 30.3. The zero-order valence-corrected chi connectivity index (χ0v) is 11.6. The number of anilines is 1. The van der Waals surface area contributed by atoms with Crippen molar-refractivity contribution in [2.24, 2.45) is 5.73 Å². The molecule has 1 fully saturated rings. The summed E-state index contributed by atoms with van der Waals surface area (Å²) in [5.41, 5.74) is 5.22. The summed E-state index contributed by atoms with van der Waals surface area (Å²) >= 11 is 0. The van der Waals surface area contributed by atoms with Gasteiger partial charge in [-0.25, -0.2) is 8.78 Å². The molecular weight excluding hydrogens is 290 g/mol. The van der Waals surface area contributed by atoms with Gasteiger partial charge in [-0.2, -0.15) is 0 Å². The van der Waals surface area contributed by atoms with Gasteiger partial charge >= 0.3 is 0 Å². The maximum Gasteiger partial charge on any atom is 0.263 e. The van der Waals surface area contributed by atoms with E-state index in [0.717, 1.165) is 0 Å². The fraction of sp³-hybridized carbons (Fsp3) is 0.462. The highest BCUT2D eigenvalue weighted by Gasteiger charge is 2.35. The minimum atomic E-state index is -2.56. The second kappa shape index (κ2) is 6.97. The molecule has 1 amide bonds. The van der Waals surface area contributed by atoms with Crippen molar-refractivity contribution in [1.82, 2.24) is 0 Å². The van der Waals surface area contributed by atoms with Crippen molar-refractivity contribution in [3.05, 3.63) is 29.8 Å². The van der Waals surface area contributed by atoms with Gasteiger partial charge in [0.05, 0.1) is 0 Å². The monoisotopic (exact) mass is 306 g/mol. The molecule has 0 aromatic heterocycles. The molecule has 2 rings (SSSR count). The summed E-state index contributed by atoms with van der Waals surface area (Å²) in [5.74, 6) is -0.359. The van der Waals surface area contributed by atoms with Crippen LogP contribution >= 0.6 is 12.4 Å². The third-order valence-electron chi connectivity index (χ3n) is 3.23. The van der Waals surface area contributed by atoms with E-state index in [1.807, 2.05) is 0 Å². The first kappa shape index (κ1) is 16.8. The van der Waals surface area contributed by atoms with Gasteiger partial charge in [0.15, 0.2) is 0 Å². The first-order chi connectivity index (χ1) is 9.01. The van der Waals surface area contributed by atoms with E-state index in [-0.39, 0.29) is 23.9 Å². The fourth-order valence-corrected chi connectivity index (χ4v) is 1.97. The molecule has 1 aliphatic rings. The number of alkyl halides is 2. The average molecular weight is 307 g/mol. The maximum atomic E-state index is 12.6. The maximum absolute atomic E-state index is 12.6. The molecule has 0 unspecified atom stereocenters. The number of amides is 1. The second-order valence-electron chi connectivity index (χ2n) is 4.65. The van der Waals surface area contributed by atoms with Crippen LogP contribution in [-0.4, -0.2) is 24.7 Å². The molecule has 112 valence electrons. The minimum Gasteiger partial charge on any atom is -0.381 e. The first-order valence-corrected chi connectivity index (χ1v) is 6.07. The van der Waals surface area contributed by atoms with E-state index in [0.29, 0.717) is 31.7 Å². The second-order valence-corrected chi connectivity index (χ2v) is 4.65. The Hall–Kier alpha value is -1.24. The number of hydrogen-bond donors (Lipinski definition) is 2. The molecule has 1 saturated heterocycles. The number of halogens is 3. The topological polar surface area (TPSA) is 64.4 Å². The van der Waals surface area contributed by atoms with E-state index in [1.54, 1.807) is 6.07 Å².